The summed E-state index contributed by atoms with van der Waals surface area (Å²) in [6, 6.07) is 7.35. The van der Waals surface area contributed by atoms with E-state index in [1.807, 2.05) is 12.1 Å². The monoisotopic (exact) mass is 292 g/mol. The van der Waals surface area contributed by atoms with Crippen LogP contribution in [-0.2, 0) is 4.74 Å². The number of hydrogen-bond acceptors (Lipinski definition) is 3. The summed E-state index contributed by atoms with van der Waals surface area (Å²) in [5.41, 5.74) is 1.49. The van der Waals surface area contributed by atoms with Crippen LogP contribution >= 0.6 is 0 Å². The van der Waals surface area contributed by atoms with Crippen molar-refractivity contribution in [3.8, 4) is 0 Å². The van der Waals surface area contributed by atoms with Crippen LogP contribution in [0.1, 0.15) is 25.7 Å². The van der Waals surface area contributed by atoms with Gasteiger partial charge in [0.1, 0.15) is 5.82 Å². The van der Waals surface area contributed by atoms with Crippen molar-refractivity contribution in [2.24, 2.45) is 5.41 Å². The van der Waals surface area contributed by atoms with Crippen LogP contribution in [0.15, 0.2) is 24.3 Å². The van der Waals surface area contributed by atoms with Gasteiger partial charge in [-0.3, -0.25) is 0 Å². The quantitative estimate of drug-likeness (QED) is 0.872. The van der Waals surface area contributed by atoms with Crippen LogP contribution in [0.2, 0.25) is 0 Å². The van der Waals surface area contributed by atoms with E-state index >= 15 is 0 Å². The van der Waals surface area contributed by atoms with E-state index in [9.17, 15) is 4.39 Å². The Morgan fingerprint density at radius 3 is 2.71 bits per heavy atom. The molecule has 0 spiro atoms. The lowest BCUT2D eigenvalue weighted by Crippen LogP contribution is -2.47. The van der Waals surface area contributed by atoms with Gasteiger partial charge < -0.3 is 15.0 Å². The largest absolute Gasteiger partial charge is 0.384 e. The van der Waals surface area contributed by atoms with Crippen LogP contribution in [0.4, 0.5) is 10.1 Å². The zero-order chi connectivity index (χ0) is 14.7. The van der Waals surface area contributed by atoms with Crippen molar-refractivity contribution < 1.29 is 9.13 Å². The van der Waals surface area contributed by atoms with Crippen molar-refractivity contribution in [2.75, 3.05) is 38.3 Å². The second-order valence-electron chi connectivity index (χ2n) is 6.58. The number of nitrogens with zero attached hydrogens (tertiary/aromatic N) is 1. The lowest BCUT2D eigenvalue weighted by atomic mass is 9.69. The molecule has 4 heteroatoms. The Morgan fingerprint density at radius 2 is 2.10 bits per heavy atom. The molecule has 1 atom stereocenters. The minimum atomic E-state index is -0.167. The molecule has 3 nitrogen and oxygen atoms in total. The molecule has 0 bridgehead atoms. The number of anilines is 1. The van der Waals surface area contributed by atoms with Crippen LogP contribution in [0.5, 0.6) is 0 Å². The Morgan fingerprint density at radius 1 is 1.33 bits per heavy atom. The fourth-order valence-electron chi connectivity index (χ4n) is 3.53. The lowest BCUT2D eigenvalue weighted by molar-refractivity contribution is 0.0163. The van der Waals surface area contributed by atoms with Gasteiger partial charge in [-0.15, -0.1) is 0 Å². The molecule has 0 amide bonds. The van der Waals surface area contributed by atoms with Crippen molar-refractivity contribution in [2.45, 2.75) is 31.7 Å². The third-order valence-corrected chi connectivity index (χ3v) is 5.01. The first kappa shape index (κ1) is 14.8. The minimum absolute atomic E-state index is 0.167. The highest BCUT2D eigenvalue weighted by Gasteiger charge is 2.37. The van der Waals surface area contributed by atoms with Crippen molar-refractivity contribution in [3.63, 3.8) is 0 Å². The zero-order valence-electron chi connectivity index (χ0n) is 12.8. The van der Waals surface area contributed by atoms with E-state index in [0.717, 1.165) is 38.3 Å². The first-order chi connectivity index (χ1) is 10.2. The molecule has 1 N–H and O–H groups in total. The highest BCUT2D eigenvalue weighted by molar-refractivity contribution is 5.47. The lowest BCUT2D eigenvalue weighted by Gasteiger charge is -2.42. The normalized spacial score (nSPS) is 24.1. The van der Waals surface area contributed by atoms with E-state index in [0.29, 0.717) is 11.5 Å². The maximum Gasteiger partial charge on any atom is 0.123 e. The molecule has 3 rings (SSSR count). The van der Waals surface area contributed by atoms with Gasteiger partial charge in [-0.1, -0.05) is 6.42 Å². The summed E-state index contributed by atoms with van der Waals surface area (Å²) >= 11 is 0. The van der Waals surface area contributed by atoms with Gasteiger partial charge in [0.25, 0.3) is 0 Å². The van der Waals surface area contributed by atoms with Gasteiger partial charge in [0.05, 0.1) is 6.61 Å². The molecular formula is C17H25FN2O. The smallest absolute Gasteiger partial charge is 0.123 e. The van der Waals surface area contributed by atoms with Crippen molar-refractivity contribution in [1.82, 2.24) is 5.32 Å². The third-order valence-electron chi connectivity index (χ3n) is 5.01. The SMILES string of the molecule is COCC1(CNC2CCN(c3ccc(F)cc3)C2)CCC1. The van der Waals surface area contributed by atoms with E-state index in [1.165, 1.54) is 31.4 Å². The second-order valence-corrected chi connectivity index (χ2v) is 6.58. The van der Waals surface area contributed by atoms with E-state index in [1.54, 1.807) is 7.11 Å². The minimum Gasteiger partial charge on any atom is -0.384 e. The fraction of sp³-hybridized carbons (Fsp3) is 0.647. The Hall–Kier alpha value is -1.13. The fourth-order valence-corrected chi connectivity index (χ4v) is 3.53. The number of halogens is 1. The zero-order valence-corrected chi connectivity index (χ0v) is 12.8. The number of ether oxygens (including phenoxy) is 1. The molecule has 1 heterocycles. The highest BCUT2D eigenvalue weighted by Crippen LogP contribution is 2.40. The van der Waals surface area contributed by atoms with Crippen LogP contribution < -0.4 is 10.2 Å². The van der Waals surface area contributed by atoms with Gasteiger partial charge in [-0.2, -0.15) is 0 Å². The summed E-state index contributed by atoms with van der Waals surface area (Å²) in [6.07, 6.45) is 5.04. The van der Waals surface area contributed by atoms with Crippen molar-refractivity contribution in [1.29, 1.82) is 0 Å². The standard InChI is InChI=1S/C17H25FN2O/c1-21-13-17(8-2-9-17)12-19-15-7-10-20(11-15)16-5-3-14(18)4-6-16/h3-6,15,19H,2,7-13H2,1H3. The number of nitrogens with one attached hydrogen (secondary N) is 1. The number of hydrogen-bond donors (Lipinski definition) is 1. The van der Waals surface area contributed by atoms with E-state index in [-0.39, 0.29) is 5.82 Å². The Labute approximate surface area is 126 Å². The van der Waals surface area contributed by atoms with E-state index in [4.69, 9.17) is 4.74 Å². The van der Waals surface area contributed by atoms with Gasteiger partial charge in [-0.25, -0.2) is 4.39 Å². The maximum absolute atomic E-state index is 13.0. The van der Waals surface area contributed by atoms with E-state index in [2.05, 4.69) is 10.2 Å². The molecule has 1 unspecified atom stereocenters. The summed E-state index contributed by atoms with van der Waals surface area (Å²) < 4.78 is 18.4. The molecule has 1 aromatic rings. The number of methoxy groups -OCH3 is 1. The van der Waals surface area contributed by atoms with Crippen LogP contribution in [0.25, 0.3) is 0 Å². The molecule has 1 aromatic carbocycles. The topological polar surface area (TPSA) is 24.5 Å². The van der Waals surface area contributed by atoms with Gasteiger partial charge in [0.15, 0.2) is 0 Å². The van der Waals surface area contributed by atoms with Crippen LogP contribution in [0.3, 0.4) is 0 Å². The maximum atomic E-state index is 13.0. The summed E-state index contributed by atoms with van der Waals surface area (Å²) in [5, 5.41) is 3.72. The average molecular weight is 292 g/mol. The molecule has 1 saturated carbocycles. The molecule has 0 aromatic heterocycles. The van der Waals surface area contributed by atoms with Crippen molar-refractivity contribution >= 4 is 5.69 Å². The predicted octanol–water partition coefficient (Wildman–Crippen LogP) is 2.81. The highest BCUT2D eigenvalue weighted by atomic mass is 19.1. The summed E-state index contributed by atoms with van der Waals surface area (Å²) in [5.74, 6) is -0.167. The van der Waals surface area contributed by atoms with Gasteiger partial charge in [-0.05, 0) is 43.5 Å². The molecule has 116 valence electrons. The molecule has 21 heavy (non-hydrogen) atoms. The molecule has 0 radical (unpaired) electrons. The molecule has 1 aliphatic heterocycles. The van der Waals surface area contributed by atoms with Crippen molar-refractivity contribution in [3.05, 3.63) is 30.1 Å². The molecule has 2 aliphatic rings. The predicted molar refractivity (Wildman–Crippen MR) is 83.2 cm³/mol. The Balaban J connectivity index is 1.49. The van der Waals surface area contributed by atoms with E-state index < -0.39 is 0 Å². The number of benzene rings is 1. The van der Waals surface area contributed by atoms with Gasteiger partial charge in [0, 0.05) is 43.9 Å². The Kier molecular flexibility index (Phi) is 4.45. The van der Waals surface area contributed by atoms with Gasteiger partial charge >= 0.3 is 0 Å². The molecular weight excluding hydrogens is 267 g/mol. The third kappa shape index (κ3) is 3.38. The number of rotatable bonds is 6. The summed E-state index contributed by atoms with van der Waals surface area (Å²) in [4.78, 5) is 2.33. The van der Waals surface area contributed by atoms with Crippen LogP contribution in [-0.4, -0.2) is 39.4 Å². The van der Waals surface area contributed by atoms with Crippen LogP contribution in [0, 0.1) is 11.2 Å². The second kappa shape index (κ2) is 6.32. The molecule has 2 fully saturated rings. The first-order valence-electron chi connectivity index (χ1n) is 7.94. The summed E-state index contributed by atoms with van der Waals surface area (Å²) in [6.45, 7) is 3.98. The van der Waals surface area contributed by atoms with Gasteiger partial charge in [0.2, 0.25) is 0 Å². The molecule has 1 aliphatic carbocycles. The molecule has 1 saturated heterocycles. The Bertz CT molecular complexity index is 458. The summed E-state index contributed by atoms with van der Waals surface area (Å²) in [7, 11) is 1.80. The first-order valence-corrected chi connectivity index (χ1v) is 7.94. The average Bonchev–Trinajstić information content (AvgIpc) is 2.91.